The summed E-state index contributed by atoms with van der Waals surface area (Å²) in [7, 11) is 1.91. The molecule has 0 bridgehead atoms. The monoisotopic (exact) mass is 343 g/mol. The Labute approximate surface area is 145 Å². The molecule has 4 rings (SSSR count). The van der Waals surface area contributed by atoms with Gasteiger partial charge in [0.15, 0.2) is 0 Å². The zero-order valence-corrected chi connectivity index (χ0v) is 15.0. The van der Waals surface area contributed by atoms with Gasteiger partial charge in [-0.2, -0.15) is 0 Å². The second-order valence-corrected chi connectivity index (χ2v) is 7.82. The van der Waals surface area contributed by atoms with Crippen molar-refractivity contribution in [3.05, 3.63) is 34.3 Å². The number of nitrogens with zero attached hydrogens (tertiary/aromatic N) is 4. The van der Waals surface area contributed by atoms with E-state index in [1.165, 1.54) is 0 Å². The molecule has 0 radical (unpaired) electrons. The van der Waals surface area contributed by atoms with E-state index in [4.69, 9.17) is 0 Å². The van der Waals surface area contributed by atoms with Gasteiger partial charge < -0.3 is 15.1 Å². The number of aromatic nitrogens is 2. The number of nitrogens with one attached hydrogen (secondary N) is 1. The molecule has 24 heavy (non-hydrogen) atoms. The van der Waals surface area contributed by atoms with Crippen molar-refractivity contribution in [1.29, 1.82) is 0 Å². The number of hydrogen-bond acceptors (Lipinski definition) is 6. The predicted molar refractivity (Wildman–Crippen MR) is 95.7 cm³/mol. The highest BCUT2D eigenvalue weighted by molar-refractivity contribution is 7.15. The summed E-state index contributed by atoms with van der Waals surface area (Å²) in [6, 6.07) is 6.04. The molecule has 2 aliphatic heterocycles. The summed E-state index contributed by atoms with van der Waals surface area (Å²) in [5.41, 5.74) is 2.51. The molecule has 1 spiro atoms. The molecular formula is C17H21N5OS. The largest absolute Gasteiger partial charge is 0.362 e. The summed E-state index contributed by atoms with van der Waals surface area (Å²) < 4.78 is 0. The molecule has 1 saturated heterocycles. The van der Waals surface area contributed by atoms with Gasteiger partial charge in [0.05, 0.1) is 5.56 Å². The molecule has 7 heteroatoms. The summed E-state index contributed by atoms with van der Waals surface area (Å²) in [5, 5.41) is 14.0. The van der Waals surface area contributed by atoms with E-state index in [0.717, 1.165) is 52.9 Å². The molecule has 3 heterocycles. The first-order chi connectivity index (χ1) is 11.5. The fraction of sp³-hybridized carbons (Fsp3) is 0.471. The van der Waals surface area contributed by atoms with Crippen molar-refractivity contribution in [3.63, 3.8) is 0 Å². The molecule has 1 aromatic carbocycles. The number of anilines is 2. The lowest BCUT2D eigenvalue weighted by molar-refractivity contribution is 0.0533. The molecule has 2 aliphatic rings. The number of carbonyl (C=O) groups excluding carboxylic acids is 1. The number of rotatable bonds is 1. The lowest BCUT2D eigenvalue weighted by Gasteiger charge is -2.50. The Bertz CT molecular complexity index is 794. The SMILES string of the molecule is Cc1ccc2c(c1)C(=O)N(C)C1(CCN(c3nnc(C)s3)CC1)N2. The maximum absolute atomic E-state index is 12.8. The lowest BCUT2D eigenvalue weighted by Crippen LogP contribution is -2.62. The second kappa shape index (κ2) is 5.44. The Balaban J connectivity index is 1.58. The number of hydrogen-bond donors (Lipinski definition) is 1. The van der Waals surface area contributed by atoms with E-state index in [9.17, 15) is 4.79 Å². The number of piperidine rings is 1. The topological polar surface area (TPSA) is 61.4 Å². The molecule has 2 aromatic rings. The van der Waals surface area contributed by atoms with Gasteiger partial charge in [-0.05, 0) is 26.0 Å². The number of amides is 1. The van der Waals surface area contributed by atoms with Crippen LogP contribution < -0.4 is 10.2 Å². The number of fused-ring (bicyclic) bond motifs is 1. The van der Waals surface area contributed by atoms with Crippen molar-refractivity contribution in [2.24, 2.45) is 0 Å². The van der Waals surface area contributed by atoms with Gasteiger partial charge in [0.25, 0.3) is 5.91 Å². The Morgan fingerprint density at radius 1 is 1.21 bits per heavy atom. The standard InChI is InChI=1S/C17H21N5OS/c1-11-4-5-14-13(10-11)15(23)21(3)17(18-14)6-8-22(9-7-17)16-20-19-12(2)24-16/h4-5,10,18H,6-9H2,1-3H3. The second-order valence-electron chi connectivity index (χ2n) is 6.66. The normalized spacial score (nSPS) is 19.4. The number of aryl methyl sites for hydroxylation is 2. The predicted octanol–water partition coefficient (Wildman–Crippen LogP) is 2.65. The minimum atomic E-state index is -0.310. The first kappa shape index (κ1) is 15.4. The highest BCUT2D eigenvalue weighted by Crippen LogP contribution is 2.38. The van der Waals surface area contributed by atoms with Crippen LogP contribution in [0.25, 0.3) is 0 Å². The molecule has 1 amide bonds. The van der Waals surface area contributed by atoms with Gasteiger partial charge >= 0.3 is 0 Å². The molecule has 0 aliphatic carbocycles. The first-order valence-corrected chi connectivity index (χ1v) is 9.02. The molecule has 1 fully saturated rings. The van der Waals surface area contributed by atoms with Crippen LogP contribution in [0.5, 0.6) is 0 Å². The Morgan fingerprint density at radius 2 is 1.96 bits per heavy atom. The third kappa shape index (κ3) is 2.34. The fourth-order valence-electron chi connectivity index (χ4n) is 3.60. The van der Waals surface area contributed by atoms with Crippen molar-refractivity contribution < 1.29 is 4.79 Å². The van der Waals surface area contributed by atoms with Gasteiger partial charge in [-0.25, -0.2) is 0 Å². The number of benzene rings is 1. The molecule has 126 valence electrons. The maximum atomic E-state index is 12.8. The number of carbonyl (C=O) groups is 1. The lowest BCUT2D eigenvalue weighted by atomic mass is 9.90. The van der Waals surface area contributed by atoms with Crippen molar-refractivity contribution in [2.45, 2.75) is 32.4 Å². The van der Waals surface area contributed by atoms with E-state index in [0.29, 0.717) is 0 Å². The van der Waals surface area contributed by atoms with E-state index >= 15 is 0 Å². The van der Waals surface area contributed by atoms with Gasteiger partial charge in [0.2, 0.25) is 5.13 Å². The van der Waals surface area contributed by atoms with Crippen molar-refractivity contribution >= 4 is 28.1 Å². The molecule has 0 atom stereocenters. The van der Waals surface area contributed by atoms with Gasteiger partial charge in [0, 0.05) is 38.7 Å². The van der Waals surface area contributed by atoms with E-state index in [2.05, 4.69) is 26.5 Å². The fourth-order valence-corrected chi connectivity index (χ4v) is 4.34. The van der Waals surface area contributed by atoms with Crippen LogP contribution in [-0.4, -0.2) is 46.8 Å². The minimum Gasteiger partial charge on any atom is -0.362 e. The average Bonchev–Trinajstić information content (AvgIpc) is 3.01. The Kier molecular flexibility index (Phi) is 3.49. The molecule has 1 N–H and O–H groups in total. The molecule has 1 aromatic heterocycles. The summed E-state index contributed by atoms with van der Waals surface area (Å²) in [6.45, 7) is 5.71. The van der Waals surface area contributed by atoms with Gasteiger partial charge in [-0.15, -0.1) is 10.2 Å². The van der Waals surface area contributed by atoms with Crippen molar-refractivity contribution in [2.75, 3.05) is 30.4 Å². The van der Waals surface area contributed by atoms with Crippen molar-refractivity contribution in [1.82, 2.24) is 15.1 Å². The third-order valence-electron chi connectivity index (χ3n) is 5.10. The first-order valence-electron chi connectivity index (χ1n) is 8.21. The molecule has 0 unspecified atom stereocenters. The van der Waals surface area contributed by atoms with Crippen molar-refractivity contribution in [3.8, 4) is 0 Å². The highest BCUT2D eigenvalue weighted by Gasteiger charge is 2.45. The molecular weight excluding hydrogens is 322 g/mol. The maximum Gasteiger partial charge on any atom is 0.257 e. The van der Waals surface area contributed by atoms with Crippen LogP contribution in [0.4, 0.5) is 10.8 Å². The van der Waals surface area contributed by atoms with Gasteiger partial charge in [-0.1, -0.05) is 23.0 Å². The van der Waals surface area contributed by atoms with Crippen LogP contribution in [-0.2, 0) is 0 Å². The van der Waals surface area contributed by atoms with Gasteiger partial charge in [-0.3, -0.25) is 4.79 Å². The summed E-state index contributed by atoms with van der Waals surface area (Å²) in [5.74, 6) is 0.104. The zero-order chi connectivity index (χ0) is 16.9. The Hall–Kier alpha value is -2.15. The Morgan fingerprint density at radius 3 is 2.62 bits per heavy atom. The average molecular weight is 343 g/mol. The van der Waals surface area contributed by atoms with Crippen LogP contribution in [0.3, 0.4) is 0 Å². The van der Waals surface area contributed by atoms with Crippen LogP contribution in [0.1, 0.15) is 33.8 Å². The minimum absolute atomic E-state index is 0.104. The van der Waals surface area contributed by atoms with Crippen LogP contribution in [0, 0.1) is 13.8 Å². The molecule has 6 nitrogen and oxygen atoms in total. The van der Waals surface area contributed by atoms with E-state index in [-0.39, 0.29) is 11.6 Å². The van der Waals surface area contributed by atoms with Crippen LogP contribution >= 0.6 is 11.3 Å². The summed E-state index contributed by atoms with van der Waals surface area (Å²) >= 11 is 1.62. The summed E-state index contributed by atoms with van der Waals surface area (Å²) in [4.78, 5) is 17.0. The van der Waals surface area contributed by atoms with E-state index in [1.54, 1.807) is 11.3 Å². The smallest absolute Gasteiger partial charge is 0.257 e. The van der Waals surface area contributed by atoms with Crippen LogP contribution in [0.15, 0.2) is 18.2 Å². The van der Waals surface area contributed by atoms with Gasteiger partial charge in [0.1, 0.15) is 10.7 Å². The quantitative estimate of drug-likeness (QED) is 0.862. The zero-order valence-electron chi connectivity index (χ0n) is 14.2. The summed E-state index contributed by atoms with van der Waals surface area (Å²) in [6.07, 6.45) is 1.72. The van der Waals surface area contributed by atoms with E-state index in [1.807, 2.05) is 37.9 Å². The third-order valence-corrected chi connectivity index (χ3v) is 6.00. The molecule has 0 saturated carbocycles. The highest BCUT2D eigenvalue weighted by atomic mass is 32.1. The van der Waals surface area contributed by atoms with Crippen LogP contribution in [0.2, 0.25) is 0 Å². The van der Waals surface area contributed by atoms with E-state index < -0.39 is 0 Å².